The summed E-state index contributed by atoms with van der Waals surface area (Å²) in [5.74, 6) is 0.826. The summed E-state index contributed by atoms with van der Waals surface area (Å²) < 4.78 is 17.1. The maximum atomic E-state index is 5.93. The van der Waals surface area contributed by atoms with Crippen LogP contribution in [-0.4, -0.2) is 45.0 Å². The van der Waals surface area contributed by atoms with Crippen LogP contribution in [0.25, 0.3) is 0 Å². The van der Waals surface area contributed by atoms with Crippen molar-refractivity contribution in [3.05, 3.63) is 71.3 Å². The van der Waals surface area contributed by atoms with Crippen molar-refractivity contribution in [3.8, 4) is 0 Å². The predicted octanol–water partition coefficient (Wildman–Crippen LogP) is 3.65. The number of nitrogens with one attached hydrogen (secondary N) is 2. The van der Waals surface area contributed by atoms with E-state index in [1.807, 2.05) is 24.3 Å². The van der Waals surface area contributed by atoms with Crippen molar-refractivity contribution in [2.45, 2.75) is 45.6 Å². The Morgan fingerprint density at radius 3 is 2.61 bits per heavy atom. The molecule has 1 aliphatic heterocycles. The molecule has 1 fully saturated rings. The van der Waals surface area contributed by atoms with E-state index >= 15 is 0 Å². The van der Waals surface area contributed by atoms with Crippen LogP contribution in [0.1, 0.15) is 36.5 Å². The Labute approximate surface area is 186 Å². The third kappa shape index (κ3) is 8.69. The molecule has 168 valence electrons. The third-order valence-electron chi connectivity index (χ3n) is 5.09. The lowest BCUT2D eigenvalue weighted by atomic mass is 10.1. The Morgan fingerprint density at radius 1 is 1.03 bits per heavy atom. The van der Waals surface area contributed by atoms with E-state index in [1.165, 1.54) is 16.7 Å². The summed E-state index contributed by atoms with van der Waals surface area (Å²) in [5.41, 5.74) is 3.53. The van der Waals surface area contributed by atoms with Crippen LogP contribution in [0, 0.1) is 0 Å². The summed E-state index contributed by atoms with van der Waals surface area (Å²) in [6, 6.07) is 18.6. The van der Waals surface area contributed by atoms with Crippen molar-refractivity contribution in [3.63, 3.8) is 0 Å². The molecule has 0 radical (unpaired) electrons. The normalized spacial score (nSPS) is 16.4. The first kappa shape index (κ1) is 23.3. The lowest BCUT2D eigenvalue weighted by Crippen LogP contribution is -2.38. The molecule has 2 aromatic rings. The largest absolute Gasteiger partial charge is 0.379 e. The highest BCUT2D eigenvalue weighted by molar-refractivity contribution is 5.79. The zero-order valence-electron chi connectivity index (χ0n) is 18.5. The number of aliphatic imine (C=N–C) groups is 1. The summed E-state index contributed by atoms with van der Waals surface area (Å²) >= 11 is 0. The van der Waals surface area contributed by atoms with E-state index in [1.54, 1.807) is 0 Å². The van der Waals surface area contributed by atoms with Gasteiger partial charge in [-0.2, -0.15) is 0 Å². The minimum absolute atomic E-state index is 0.266. The quantitative estimate of drug-likeness (QED) is 0.309. The van der Waals surface area contributed by atoms with Crippen molar-refractivity contribution in [1.29, 1.82) is 0 Å². The topological polar surface area (TPSA) is 64.1 Å². The van der Waals surface area contributed by atoms with Crippen LogP contribution in [0.4, 0.5) is 0 Å². The molecule has 0 spiro atoms. The molecule has 0 aliphatic carbocycles. The Bertz CT molecular complexity index is 777. The third-order valence-corrected chi connectivity index (χ3v) is 5.09. The first-order valence-electron chi connectivity index (χ1n) is 11.2. The minimum atomic E-state index is 0.266. The molecule has 0 aromatic heterocycles. The highest BCUT2D eigenvalue weighted by Gasteiger charge is 2.15. The minimum Gasteiger partial charge on any atom is -0.379 e. The van der Waals surface area contributed by atoms with E-state index < -0.39 is 0 Å². The second kappa shape index (κ2) is 13.8. The second-order valence-corrected chi connectivity index (χ2v) is 7.58. The molecule has 2 aromatic carbocycles. The van der Waals surface area contributed by atoms with Crippen molar-refractivity contribution in [2.24, 2.45) is 4.99 Å². The number of ether oxygens (including phenoxy) is 3. The predicted molar refractivity (Wildman–Crippen MR) is 124 cm³/mol. The Balaban J connectivity index is 1.44. The van der Waals surface area contributed by atoms with E-state index in [0.29, 0.717) is 19.8 Å². The zero-order chi connectivity index (χ0) is 21.6. The first-order valence-corrected chi connectivity index (χ1v) is 11.2. The van der Waals surface area contributed by atoms with Gasteiger partial charge in [0.2, 0.25) is 0 Å². The van der Waals surface area contributed by atoms with E-state index in [-0.39, 0.29) is 6.10 Å². The molecule has 1 heterocycles. The molecule has 3 rings (SSSR count). The van der Waals surface area contributed by atoms with Gasteiger partial charge in [0.25, 0.3) is 0 Å². The first-order chi connectivity index (χ1) is 15.3. The maximum absolute atomic E-state index is 5.93. The van der Waals surface area contributed by atoms with Crippen molar-refractivity contribution >= 4 is 5.96 Å². The molecule has 1 unspecified atom stereocenters. The van der Waals surface area contributed by atoms with Gasteiger partial charge in [0.1, 0.15) is 0 Å². The van der Waals surface area contributed by atoms with Gasteiger partial charge in [0, 0.05) is 26.3 Å². The summed E-state index contributed by atoms with van der Waals surface area (Å²) in [7, 11) is 0. The fraction of sp³-hybridized carbons (Fsp3) is 0.480. The number of nitrogens with zero attached hydrogens (tertiary/aromatic N) is 1. The maximum Gasteiger partial charge on any atom is 0.191 e. The summed E-state index contributed by atoms with van der Waals surface area (Å²) in [5, 5.41) is 6.71. The van der Waals surface area contributed by atoms with Gasteiger partial charge in [0.15, 0.2) is 5.96 Å². The lowest BCUT2D eigenvalue weighted by Gasteiger charge is -2.14. The number of hydrogen-bond donors (Lipinski definition) is 2. The van der Waals surface area contributed by atoms with Crippen LogP contribution in [-0.2, 0) is 34.0 Å². The van der Waals surface area contributed by atoms with Gasteiger partial charge in [0.05, 0.1) is 32.5 Å². The van der Waals surface area contributed by atoms with Crippen LogP contribution in [0.3, 0.4) is 0 Å². The molecule has 1 atom stereocenters. The van der Waals surface area contributed by atoms with Crippen molar-refractivity contribution in [2.75, 3.05) is 32.9 Å². The average Bonchev–Trinajstić information content (AvgIpc) is 3.32. The van der Waals surface area contributed by atoms with Crippen LogP contribution >= 0.6 is 0 Å². The molecule has 6 heteroatoms. The van der Waals surface area contributed by atoms with Crippen LogP contribution in [0.2, 0.25) is 0 Å². The highest BCUT2D eigenvalue weighted by atomic mass is 16.5. The number of benzene rings is 2. The second-order valence-electron chi connectivity index (χ2n) is 7.58. The van der Waals surface area contributed by atoms with Gasteiger partial charge >= 0.3 is 0 Å². The van der Waals surface area contributed by atoms with E-state index in [4.69, 9.17) is 19.2 Å². The van der Waals surface area contributed by atoms with Crippen LogP contribution < -0.4 is 10.6 Å². The molecule has 31 heavy (non-hydrogen) atoms. The molecule has 6 nitrogen and oxygen atoms in total. The van der Waals surface area contributed by atoms with Crippen LogP contribution in [0.15, 0.2) is 59.6 Å². The summed E-state index contributed by atoms with van der Waals surface area (Å²) in [6.45, 7) is 7.80. The van der Waals surface area contributed by atoms with Crippen LogP contribution in [0.5, 0.6) is 0 Å². The van der Waals surface area contributed by atoms with Gasteiger partial charge < -0.3 is 24.8 Å². The SMILES string of the molecule is CCNC(=NCc1ccccc1COCc1ccccc1)NCCCOC1CCOC1. The van der Waals surface area contributed by atoms with Gasteiger partial charge in [-0.15, -0.1) is 0 Å². The van der Waals surface area contributed by atoms with Crippen molar-refractivity contribution < 1.29 is 14.2 Å². The smallest absolute Gasteiger partial charge is 0.191 e. The standard InChI is InChI=1S/C25H35N3O3/c1-2-26-25(27-14-8-15-31-24-13-16-29-20-24)28-17-22-11-6-7-12-23(22)19-30-18-21-9-4-3-5-10-21/h3-7,9-12,24H,2,8,13-20H2,1H3,(H2,26,27,28). The van der Waals surface area contributed by atoms with Gasteiger partial charge in [-0.3, -0.25) is 0 Å². The molecule has 1 aliphatic rings. The monoisotopic (exact) mass is 425 g/mol. The highest BCUT2D eigenvalue weighted by Crippen LogP contribution is 2.13. The Morgan fingerprint density at radius 2 is 1.84 bits per heavy atom. The summed E-state index contributed by atoms with van der Waals surface area (Å²) in [6.07, 6.45) is 2.21. The molecule has 0 amide bonds. The number of guanidine groups is 1. The molecule has 1 saturated heterocycles. The van der Waals surface area contributed by atoms with E-state index in [0.717, 1.165) is 51.7 Å². The Kier molecular flexibility index (Phi) is 10.4. The lowest BCUT2D eigenvalue weighted by molar-refractivity contribution is 0.0420. The molecular formula is C25H35N3O3. The fourth-order valence-electron chi connectivity index (χ4n) is 3.38. The molecule has 0 bridgehead atoms. The fourth-order valence-corrected chi connectivity index (χ4v) is 3.38. The molecular weight excluding hydrogens is 390 g/mol. The van der Waals surface area contributed by atoms with Crippen molar-refractivity contribution in [1.82, 2.24) is 10.6 Å². The molecule has 0 saturated carbocycles. The van der Waals surface area contributed by atoms with Gasteiger partial charge in [-0.25, -0.2) is 4.99 Å². The van der Waals surface area contributed by atoms with E-state index in [9.17, 15) is 0 Å². The Hall–Kier alpha value is -2.41. The molecule has 2 N–H and O–H groups in total. The van der Waals surface area contributed by atoms with Gasteiger partial charge in [-0.1, -0.05) is 54.6 Å². The average molecular weight is 426 g/mol. The zero-order valence-corrected chi connectivity index (χ0v) is 18.5. The number of hydrogen-bond acceptors (Lipinski definition) is 4. The number of rotatable bonds is 12. The van der Waals surface area contributed by atoms with E-state index in [2.05, 4.69) is 47.9 Å². The summed E-state index contributed by atoms with van der Waals surface area (Å²) in [4.78, 5) is 4.76. The van der Waals surface area contributed by atoms with Gasteiger partial charge in [-0.05, 0) is 36.5 Å².